The van der Waals surface area contributed by atoms with E-state index in [2.05, 4.69) is 34.3 Å². The van der Waals surface area contributed by atoms with Crippen LogP contribution < -0.4 is 0 Å². The molecule has 0 aromatic heterocycles. The third kappa shape index (κ3) is 8.78. The van der Waals surface area contributed by atoms with Gasteiger partial charge in [0.25, 0.3) is 0 Å². The highest BCUT2D eigenvalue weighted by Gasteiger charge is 2.32. The van der Waals surface area contributed by atoms with Crippen molar-refractivity contribution >= 4 is 23.0 Å². The largest absolute Gasteiger partial charge is 0.380 e. The molecule has 2 aliphatic rings. The van der Waals surface area contributed by atoms with Crippen LogP contribution in [0.2, 0.25) is 0 Å². The molecule has 2 aromatic rings. The van der Waals surface area contributed by atoms with Gasteiger partial charge in [-0.1, -0.05) is 102 Å². The molecule has 42 heavy (non-hydrogen) atoms. The Morgan fingerprint density at radius 2 is 1.88 bits per heavy atom. The number of nitrogens with zero attached hydrogens (tertiary/aromatic N) is 1. The maximum absolute atomic E-state index is 14.8. The Labute approximate surface area is 257 Å². The molecule has 1 unspecified atom stereocenters. The summed E-state index contributed by atoms with van der Waals surface area (Å²) in [5, 5.41) is 0.508. The maximum atomic E-state index is 14.8. The van der Waals surface area contributed by atoms with Crippen molar-refractivity contribution in [2.45, 2.75) is 80.1 Å². The number of allylic oxidation sites excluding steroid dienone is 4. The van der Waals surface area contributed by atoms with Gasteiger partial charge in [0.2, 0.25) is 0 Å². The molecule has 1 atom stereocenters. The highest BCUT2D eigenvalue weighted by molar-refractivity contribution is 6.32. The molecule has 4 rings (SSSR count). The molecule has 0 bridgehead atoms. The van der Waals surface area contributed by atoms with Crippen LogP contribution in [0.5, 0.6) is 0 Å². The van der Waals surface area contributed by atoms with Crippen LogP contribution in [0, 0.1) is 24.1 Å². The molecular formula is C37H47ClFNO2. The normalized spacial score (nSPS) is 17.0. The Kier molecular flexibility index (Phi) is 12.4. The zero-order chi connectivity index (χ0) is 30.9. The zero-order valence-corrected chi connectivity index (χ0v) is 27.0. The lowest BCUT2D eigenvalue weighted by atomic mass is 9.81. The van der Waals surface area contributed by atoms with Crippen LogP contribution in [0.4, 0.5) is 4.39 Å². The first-order chi connectivity index (χ1) is 20.0. The number of ketones is 1. The van der Waals surface area contributed by atoms with Crippen LogP contribution >= 0.6 is 11.6 Å². The van der Waals surface area contributed by atoms with Crippen LogP contribution in [-0.2, 0) is 9.53 Å². The number of carbonyl (C=O) groups excluding carboxylic acids is 1. The van der Waals surface area contributed by atoms with Crippen molar-refractivity contribution in [3.63, 3.8) is 0 Å². The molecule has 1 fully saturated rings. The lowest BCUT2D eigenvalue weighted by Crippen LogP contribution is -2.39. The number of Topliss-reactive ketones (excluding diaryl/α,β-unsaturated/α-hetero) is 1. The van der Waals surface area contributed by atoms with E-state index in [1.807, 2.05) is 43.3 Å². The average molecular weight is 592 g/mol. The van der Waals surface area contributed by atoms with Gasteiger partial charge in [0, 0.05) is 28.4 Å². The van der Waals surface area contributed by atoms with E-state index in [9.17, 15) is 9.18 Å². The molecule has 226 valence electrons. The van der Waals surface area contributed by atoms with E-state index in [0.717, 1.165) is 60.7 Å². The summed E-state index contributed by atoms with van der Waals surface area (Å²) in [4.78, 5) is 13.5. The Hall–Kier alpha value is -2.95. The van der Waals surface area contributed by atoms with Gasteiger partial charge in [-0.3, -0.25) is 4.79 Å². The quantitative estimate of drug-likeness (QED) is 0.243. The van der Waals surface area contributed by atoms with Crippen LogP contribution in [0.1, 0.15) is 84.3 Å². The van der Waals surface area contributed by atoms with Gasteiger partial charge in [-0.25, -0.2) is 4.39 Å². The van der Waals surface area contributed by atoms with Crippen molar-refractivity contribution < 1.29 is 13.9 Å². The Morgan fingerprint density at radius 1 is 1.17 bits per heavy atom. The van der Waals surface area contributed by atoms with Gasteiger partial charge in [-0.2, -0.15) is 0 Å². The number of rotatable bonds is 11. The fourth-order valence-corrected chi connectivity index (χ4v) is 5.38. The average Bonchev–Trinajstić information content (AvgIpc) is 2.95. The summed E-state index contributed by atoms with van der Waals surface area (Å²) in [7, 11) is 0. The minimum atomic E-state index is -0.255. The van der Waals surface area contributed by atoms with E-state index in [1.165, 1.54) is 26.2 Å². The second-order valence-corrected chi connectivity index (χ2v) is 12.4. The van der Waals surface area contributed by atoms with Crippen LogP contribution in [0.3, 0.4) is 0 Å². The number of hydrogen-bond acceptors (Lipinski definition) is 3. The SMILES string of the molecule is C=C1C=C(C(C)=O)C=CN1/C(Cl)=C(\CCCC)c1ccccc1-c1ccc(C)cc1F.CCC(C)CCC1(C)COC1. The molecular weight excluding hydrogens is 545 g/mol. The summed E-state index contributed by atoms with van der Waals surface area (Å²) < 4.78 is 20.0. The summed E-state index contributed by atoms with van der Waals surface area (Å²) in [5.74, 6) is 0.616. The minimum absolute atomic E-state index is 0.0245. The van der Waals surface area contributed by atoms with E-state index in [4.69, 9.17) is 16.3 Å². The second-order valence-electron chi connectivity index (χ2n) is 12.1. The number of ether oxygens (including phenoxy) is 1. The van der Waals surface area contributed by atoms with Gasteiger partial charge in [0.05, 0.1) is 13.2 Å². The summed E-state index contributed by atoms with van der Waals surface area (Å²) in [6.45, 7) is 18.5. The fraction of sp³-hybridized carbons (Fsp3) is 0.432. The number of aryl methyl sites for hydroxylation is 1. The van der Waals surface area contributed by atoms with E-state index in [-0.39, 0.29) is 11.6 Å². The third-order valence-electron chi connectivity index (χ3n) is 8.19. The van der Waals surface area contributed by atoms with Crippen LogP contribution in [0.15, 0.2) is 83.8 Å². The van der Waals surface area contributed by atoms with E-state index in [0.29, 0.717) is 27.4 Å². The van der Waals surface area contributed by atoms with Crippen molar-refractivity contribution in [2.75, 3.05) is 13.2 Å². The van der Waals surface area contributed by atoms with Gasteiger partial charge in [-0.05, 0) is 79.5 Å². The topological polar surface area (TPSA) is 29.5 Å². The summed E-state index contributed by atoms with van der Waals surface area (Å²) in [5.41, 5.74) is 5.77. The minimum Gasteiger partial charge on any atom is -0.380 e. The Morgan fingerprint density at radius 3 is 2.45 bits per heavy atom. The van der Waals surface area contributed by atoms with Crippen molar-refractivity contribution in [1.29, 1.82) is 0 Å². The predicted molar refractivity (Wildman–Crippen MR) is 175 cm³/mol. The molecule has 2 aromatic carbocycles. The molecule has 2 aliphatic heterocycles. The highest BCUT2D eigenvalue weighted by atomic mass is 35.5. The van der Waals surface area contributed by atoms with E-state index < -0.39 is 0 Å². The zero-order valence-electron chi connectivity index (χ0n) is 26.2. The molecule has 1 saturated heterocycles. The molecule has 0 N–H and O–H groups in total. The predicted octanol–water partition coefficient (Wildman–Crippen LogP) is 10.6. The van der Waals surface area contributed by atoms with Crippen molar-refractivity contribution in [2.24, 2.45) is 11.3 Å². The number of carbonyl (C=O) groups is 1. The standard InChI is InChI=1S/C27H27ClFNO.C10H20O/c1-5-6-9-25(27(28)30-15-14-21(20(4)31)17-19(30)3)23-11-8-7-10-22(23)24-13-12-18(2)16-26(24)29;1-4-9(2)5-6-10(3)7-11-8-10/h7-8,10-17H,3,5-6,9H2,1-2,4H3;9H,4-8H2,1-3H3/b27-25+;. The van der Waals surface area contributed by atoms with Crippen molar-refractivity contribution in [1.82, 2.24) is 4.90 Å². The Balaban J connectivity index is 0.000000369. The van der Waals surface area contributed by atoms with Gasteiger partial charge in [0.1, 0.15) is 11.0 Å². The number of halogens is 2. The lowest BCUT2D eigenvalue weighted by Gasteiger charge is -2.38. The molecule has 3 nitrogen and oxygen atoms in total. The summed E-state index contributed by atoms with van der Waals surface area (Å²) in [6, 6.07) is 13.0. The summed E-state index contributed by atoms with van der Waals surface area (Å²) in [6.07, 6.45) is 11.9. The third-order valence-corrected chi connectivity index (χ3v) is 8.60. The first-order valence-electron chi connectivity index (χ1n) is 15.2. The monoisotopic (exact) mass is 591 g/mol. The van der Waals surface area contributed by atoms with Gasteiger partial charge in [0.15, 0.2) is 5.78 Å². The van der Waals surface area contributed by atoms with Gasteiger partial charge in [-0.15, -0.1) is 0 Å². The molecule has 5 heteroatoms. The molecule has 2 heterocycles. The van der Waals surface area contributed by atoms with E-state index in [1.54, 1.807) is 29.3 Å². The molecule has 0 spiro atoms. The molecule has 0 radical (unpaired) electrons. The fourth-order valence-electron chi connectivity index (χ4n) is 5.02. The van der Waals surface area contributed by atoms with Gasteiger partial charge < -0.3 is 9.64 Å². The first-order valence-corrected chi connectivity index (χ1v) is 15.6. The molecule has 0 saturated carbocycles. The molecule has 0 aliphatic carbocycles. The highest BCUT2D eigenvalue weighted by Crippen LogP contribution is 2.38. The number of hydrogen-bond donors (Lipinski definition) is 0. The van der Waals surface area contributed by atoms with E-state index >= 15 is 0 Å². The second kappa shape index (κ2) is 15.5. The first kappa shape index (κ1) is 33.6. The van der Waals surface area contributed by atoms with Crippen LogP contribution in [-0.4, -0.2) is 23.9 Å². The lowest BCUT2D eigenvalue weighted by molar-refractivity contribution is -0.113. The van der Waals surface area contributed by atoms with Crippen molar-refractivity contribution in [3.05, 3.63) is 101 Å². The number of unbranched alkanes of at least 4 members (excludes halogenated alkanes) is 1. The van der Waals surface area contributed by atoms with Crippen LogP contribution in [0.25, 0.3) is 16.7 Å². The Bertz CT molecular complexity index is 1350. The van der Waals surface area contributed by atoms with Gasteiger partial charge >= 0.3 is 0 Å². The molecule has 0 amide bonds. The van der Waals surface area contributed by atoms with Crippen molar-refractivity contribution in [3.8, 4) is 11.1 Å². The number of benzene rings is 2. The smallest absolute Gasteiger partial charge is 0.159 e. The maximum Gasteiger partial charge on any atom is 0.159 e. The summed E-state index contributed by atoms with van der Waals surface area (Å²) >= 11 is 6.93.